The molecule has 1 amide bonds. The average Bonchev–Trinajstić information content (AvgIpc) is 2.48. The lowest BCUT2D eigenvalue weighted by atomic mass is 10.1. The summed E-state index contributed by atoms with van der Waals surface area (Å²) in [6, 6.07) is 9.29. The molecule has 0 aliphatic carbocycles. The van der Waals surface area contributed by atoms with Crippen molar-refractivity contribution >= 4 is 17.6 Å². The van der Waals surface area contributed by atoms with Gasteiger partial charge in [-0.2, -0.15) is 0 Å². The van der Waals surface area contributed by atoms with Crippen molar-refractivity contribution in [2.24, 2.45) is 0 Å². The van der Waals surface area contributed by atoms with Gasteiger partial charge in [-0.15, -0.1) is 0 Å². The Morgan fingerprint density at radius 2 is 1.67 bits per heavy atom. The van der Waals surface area contributed by atoms with Crippen molar-refractivity contribution in [1.82, 2.24) is 0 Å². The highest BCUT2D eigenvalue weighted by molar-refractivity contribution is 5.93. The van der Waals surface area contributed by atoms with Crippen LogP contribution in [0.5, 0.6) is 0 Å². The van der Waals surface area contributed by atoms with Gasteiger partial charge >= 0.3 is 5.97 Å². The molecule has 1 aromatic rings. The third-order valence-electron chi connectivity index (χ3n) is 3.41. The van der Waals surface area contributed by atoms with Gasteiger partial charge in [-0.3, -0.25) is 9.59 Å². The maximum Gasteiger partial charge on any atom is 0.305 e. The molecule has 0 radical (unpaired) electrons. The number of carboxylic acids is 1. The number of carbonyl (C=O) groups excluding carboxylic acids is 1. The normalized spacial score (nSPS) is 10.3. The third kappa shape index (κ3) is 6.93. The van der Waals surface area contributed by atoms with E-state index >= 15 is 0 Å². The van der Waals surface area contributed by atoms with E-state index in [1.807, 2.05) is 30.3 Å². The van der Waals surface area contributed by atoms with Crippen LogP contribution in [0.1, 0.15) is 51.9 Å². The lowest BCUT2D eigenvalue weighted by molar-refractivity contribution is -0.136. The molecule has 0 aromatic heterocycles. The number of amides is 1. The van der Waals surface area contributed by atoms with Gasteiger partial charge in [0, 0.05) is 18.7 Å². The van der Waals surface area contributed by atoms with E-state index in [2.05, 4.69) is 6.92 Å². The number of benzene rings is 1. The highest BCUT2D eigenvalue weighted by atomic mass is 16.4. The Hall–Kier alpha value is -1.84. The van der Waals surface area contributed by atoms with E-state index in [9.17, 15) is 9.59 Å². The second-order valence-corrected chi connectivity index (χ2v) is 5.19. The molecule has 0 bridgehead atoms. The van der Waals surface area contributed by atoms with Crippen LogP contribution in [0, 0.1) is 0 Å². The number of carboxylic acid groups (broad SMARTS) is 1. The lowest BCUT2D eigenvalue weighted by Gasteiger charge is -2.22. The molecule has 0 saturated carbocycles. The maximum atomic E-state index is 12.3. The summed E-state index contributed by atoms with van der Waals surface area (Å²) in [4.78, 5) is 24.7. The first kappa shape index (κ1) is 17.2. The van der Waals surface area contributed by atoms with E-state index in [-0.39, 0.29) is 18.9 Å². The van der Waals surface area contributed by atoms with Crippen molar-refractivity contribution in [2.45, 2.75) is 51.9 Å². The van der Waals surface area contributed by atoms with Gasteiger partial charge in [0.2, 0.25) is 5.91 Å². The van der Waals surface area contributed by atoms with Gasteiger partial charge in [-0.1, -0.05) is 50.8 Å². The molecule has 116 valence electrons. The van der Waals surface area contributed by atoms with Crippen LogP contribution >= 0.6 is 0 Å². The van der Waals surface area contributed by atoms with Crippen LogP contribution in [-0.4, -0.2) is 23.5 Å². The summed E-state index contributed by atoms with van der Waals surface area (Å²) in [5, 5.41) is 8.83. The van der Waals surface area contributed by atoms with Crippen LogP contribution in [0.3, 0.4) is 0 Å². The first-order valence-electron chi connectivity index (χ1n) is 7.72. The number of hydrogen-bond acceptors (Lipinski definition) is 2. The van der Waals surface area contributed by atoms with Gasteiger partial charge in [0.05, 0.1) is 6.42 Å². The minimum absolute atomic E-state index is 0.0129. The monoisotopic (exact) mass is 291 g/mol. The van der Waals surface area contributed by atoms with Crippen molar-refractivity contribution in [2.75, 3.05) is 11.4 Å². The summed E-state index contributed by atoms with van der Waals surface area (Å²) in [6.45, 7) is 2.39. The Morgan fingerprint density at radius 1 is 1.00 bits per heavy atom. The van der Waals surface area contributed by atoms with E-state index in [0.717, 1.165) is 24.9 Å². The molecule has 0 spiro atoms. The fourth-order valence-corrected chi connectivity index (χ4v) is 2.23. The van der Waals surface area contributed by atoms with Gasteiger partial charge in [0.15, 0.2) is 0 Å². The minimum Gasteiger partial charge on any atom is -0.481 e. The molecule has 21 heavy (non-hydrogen) atoms. The molecule has 0 unspecified atom stereocenters. The lowest BCUT2D eigenvalue weighted by Crippen LogP contribution is -2.32. The SMILES string of the molecule is CCCCCCCC(=O)N(CCC(=O)O)c1ccccc1. The second kappa shape index (κ2) is 9.97. The van der Waals surface area contributed by atoms with Crippen LogP contribution in [0.2, 0.25) is 0 Å². The highest BCUT2D eigenvalue weighted by Gasteiger charge is 2.16. The molecule has 0 aliphatic heterocycles. The van der Waals surface area contributed by atoms with E-state index < -0.39 is 5.97 Å². The zero-order chi connectivity index (χ0) is 15.5. The second-order valence-electron chi connectivity index (χ2n) is 5.19. The van der Waals surface area contributed by atoms with Crippen LogP contribution in [0.4, 0.5) is 5.69 Å². The fourth-order valence-electron chi connectivity index (χ4n) is 2.23. The van der Waals surface area contributed by atoms with E-state index in [0.29, 0.717) is 6.42 Å². The van der Waals surface area contributed by atoms with Crippen LogP contribution in [0.15, 0.2) is 30.3 Å². The smallest absolute Gasteiger partial charge is 0.305 e. The molecule has 0 fully saturated rings. The van der Waals surface area contributed by atoms with Crippen molar-refractivity contribution < 1.29 is 14.7 Å². The van der Waals surface area contributed by atoms with E-state index in [4.69, 9.17) is 5.11 Å². The molecule has 0 aliphatic rings. The molecule has 1 rings (SSSR count). The van der Waals surface area contributed by atoms with Crippen LogP contribution < -0.4 is 4.90 Å². The number of para-hydroxylation sites is 1. The number of aliphatic carboxylic acids is 1. The standard InChI is InChI=1S/C17H25NO3/c1-2-3-4-5-9-12-16(19)18(14-13-17(20)21)15-10-7-6-8-11-15/h6-8,10-11H,2-5,9,12-14H2,1H3,(H,20,21). The minimum atomic E-state index is -0.883. The average molecular weight is 291 g/mol. The van der Waals surface area contributed by atoms with Gasteiger partial charge in [-0.25, -0.2) is 0 Å². The summed E-state index contributed by atoms with van der Waals surface area (Å²) in [7, 11) is 0. The van der Waals surface area contributed by atoms with Crippen molar-refractivity contribution in [3.8, 4) is 0 Å². The molecule has 4 nitrogen and oxygen atoms in total. The van der Waals surface area contributed by atoms with Crippen molar-refractivity contribution in [3.63, 3.8) is 0 Å². The molecule has 0 heterocycles. The predicted octanol–water partition coefficient (Wildman–Crippen LogP) is 3.85. The van der Waals surface area contributed by atoms with Gasteiger partial charge in [0.25, 0.3) is 0 Å². The van der Waals surface area contributed by atoms with Gasteiger partial charge in [-0.05, 0) is 18.6 Å². The molecule has 1 N–H and O–H groups in total. The number of hydrogen-bond donors (Lipinski definition) is 1. The van der Waals surface area contributed by atoms with Crippen LogP contribution in [0.25, 0.3) is 0 Å². The summed E-state index contributed by atoms with van der Waals surface area (Å²) in [6.07, 6.45) is 5.92. The number of anilines is 1. The Morgan fingerprint density at radius 3 is 2.29 bits per heavy atom. The first-order chi connectivity index (χ1) is 10.1. The van der Waals surface area contributed by atoms with Gasteiger partial charge in [0.1, 0.15) is 0 Å². The van der Waals surface area contributed by atoms with Gasteiger partial charge < -0.3 is 10.0 Å². The fraction of sp³-hybridized carbons (Fsp3) is 0.529. The number of rotatable bonds is 10. The molecule has 4 heteroatoms. The molecule has 0 saturated heterocycles. The number of nitrogens with zero attached hydrogens (tertiary/aromatic N) is 1. The van der Waals surface area contributed by atoms with Crippen molar-refractivity contribution in [1.29, 1.82) is 0 Å². The maximum absolute atomic E-state index is 12.3. The van der Waals surface area contributed by atoms with E-state index in [1.165, 1.54) is 12.8 Å². The Kier molecular flexibility index (Phi) is 8.17. The quantitative estimate of drug-likeness (QED) is 0.666. The summed E-state index contributed by atoms with van der Waals surface area (Å²) in [5.41, 5.74) is 0.775. The zero-order valence-corrected chi connectivity index (χ0v) is 12.8. The number of carbonyl (C=O) groups is 2. The highest BCUT2D eigenvalue weighted by Crippen LogP contribution is 2.16. The Labute approximate surface area is 126 Å². The van der Waals surface area contributed by atoms with Crippen molar-refractivity contribution in [3.05, 3.63) is 30.3 Å². The summed E-state index contributed by atoms with van der Waals surface area (Å²) < 4.78 is 0. The number of unbranched alkanes of at least 4 members (excludes halogenated alkanes) is 4. The summed E-state index contributed by atoms with van der Waals surface area (Å²) in [5.74, 6) is -0.870. The third-order valence-corrected chi connectivity index (χ3v) is 3.41. The predicted molar refractivity (Wildman–Crippen MR) is 84.4 cm³/mol. The molecular formula is C17H25NO3. The van der Waals surface area contributed by atoms with E-state index in [1.54, 1.807) is 4.90 Å². The zero-order valence-electron chi connectivity index (χ0n) is 12.8. The first-order valence-corrected chi connectivity index (χ1v) is 7.72. The largest absolute Gasteiger partial charge is 0.481 e. The molecule has 0 atom stereocenters. The Bertz CT molecular complexity index is 431. The molecule has 1 aromatic carbocycles. The topological polar surface area (TPSA) is 57.6 Å². The Balaban J connectivity index is 2.55. The van der Waals surface area contributed by atoms with Crippen LogP contribution in [-0.2, 0) is 9.59 Å². The summed E-state index contributed by atoms with van der Waals surface area (Å²) >= 11 is 0. The molecular weight excluding hydrogens is 266 g/mol.